The van der Waals surface area contributed by atoms with E-state index >= 15 is 0 Å². The van der Waals surface area contributed by atoms with Crippen molar-refractivity contribution in [3.63, 3.8) is 0 Å². The van der Waals surface area contributed by atoms with Gasteiger partial charge in [-0.25, -0.2) is 9.37 Å². The van der Waals surface area contributed by atoms with Gasteiger partial charge in [0.05, 0.1) is 37.8 Å². The SMILES string of the molecule is COc1ccc(-c2nc(-c3cc(C)nc(CF)c3)c3n2C[C@@H](C)OCC3)cc1OC(F)(F)F. The predicted molar refractivity (Wildman–Crippen MR) is 113 cm³/mol. The minimum absolute atomic E-state index is 0.0482. The number of alkyl halides is 4. The highest BCUT2D eigenvalue weighted by atomic mass is 19.4. The van der Waals surface area contributed by atoms with E-state index in [1.54, 1.807) is 19.1 Å². The summed E-state index contributed by atoms with van der Waals surface area (Å²) >= 11 is 0. The number of hydrogen-bond donors (Lipinski definition) is 0. The summed E-state index contributed by atoms with van der Waals surface area (Å²) in [6, 6.07) is 7.75. The van der Waals surface area contributed by atoms with Gasteiger partial charge in [0.15, 0.2) is 11.5 Å². The second-order valence-electron chi connectivity index (χ2n) is 7.81. The average molecular weight is 465 g/mol. The van der Waals surface area contributed by atoms with Crippen molar-refractivity contribution in [2.24, 2.45) is 0 Å². The molecule has 0 aliphatic carbocycles. The van der Waals surface area contributed by atoms with Crippen molar-refractivity contribution in [3.05, 3.63) is 47.4 Å². The van der Waals surface area contributed by atoms with Gasteiger partial charge in [0.2, 0.25) is 0 Å². The van der Waals surface area contributed by atoms with Crippen LogP contribution in [0.4, 0.5) is 17.6 Å². The van der Waals surface area contributed by atoms with E-state index in [0.717, 1.165) is 5.69 Å². The van der Waals surface area contributed by atoms with Crippen molar-refractivity contribution in [1.82, 2.24) is 14.5 Å². The molecule has 3 aromatic rings. The van der Waals surface area contributed by atoms with Crippen molar-refractivity contribution in [2.75, 3.05) is 13.7 Å². The van der Waals surface area contributed by atoms with Crippen LogP contribution in [0.2, 0.25) is 0 Å². The minimum Gasteiger partial charge on any atom is -0.493 e. The highest BCUT2D eigenvalue weighted by molar-refractivity contribution is 5.70. The molecule has 0 N–H and O–H groups in total. The monoisotopic (exact) mass is 465 g/mol. The minimum atomic E-state index is -4.87. The van der Waals surface area contributed by atoms with E-state index in [-0.39, 0.29) is 17.5 Å². The second-order valence-corrected chi connectivity index (χ2v) is 7.81. The summed E-state index contributed by atoms with van der Waals surface area (Å²) < 4.78 is 69.2. The standard InChI is InChI=1S/C23H23F4N3O3/c1-13-8-16(9-17(11-24)28-13)21-18-6-7-32-14(2)12-30(18)22(29-21)15-4-5-19(31-3)20(10-15)33-23(25,26)27/h4-5,8-10,14H,6-7,11-12H2,1-3H3/t14-/m1/s1. The van der Waals surface area contributed by atoms with Crippen molar-refractivity contribution >= 4 is 0 Å². The Morgan fingerprint density at radius 1 is 1.12 bits per heavy atom. The molecule has 176 valence electrons. The topological polar surface area (TPSA) is 58.4 Å². The molecule has 0 amide bonds. The number of fused-ring (bicyclic) bond motifs is 1. The van der Waals surface area contributed by atoms with E-state index in [2.05, 4.69) is 9.72 Å². The fraction of sp³-hybridized carbons (Fsp3) is 0.391. The van der Waals surface area contributed by atoms with Crippen LogP contribution in [0.25, 0.3) is 22.6 Å². The maximum Gasteiger partial charge on any atom is 0.573 e. The van der Waals surface area contributed by atoms with E-state index in [1.165, 1.54) is 19.2 Å². The third-order valence-electron chi connectivity index (χ3n) is 5.32. The lowest BCUT2D eigenvalue weighted by Crippen LogP contribution is -2.18. The zero-order chi connectivity index (χ0) is 23.8. The van der Waals surface area contributed by atoms with E-state index in [9.17, 15) is 17.6 Å². The van der Waals surface area contributed by atoms with E-state index < -0.39 is 18.8 Å². The third kappa shape index (κ3) is 4.95. The number of ether oxygens (including phenoxy) is 3. The molecule has 0 saturated carbocycles. The van der Waals surface area contributed by atoms with Gasteiger partial charge in [0.1, 0.15) is 12.5 Å². The normalized spacial score (nSPS) is 16.3. The number of rotatable bonds is 5. The number of benzene rings is 1. The van der Waals surface area contributed by atoms with Crippen LogP contribution in [0.3, 0.4) is 0 Å². The number of halogens is 4. The molecule has 1 aromatic carbocycles. The third-order valence-corrected chi connectivity index (χ3v) is 5.32. The lowest BCUT2D eigenvalue weighted by atomic mass is 10.1. The molecular formula is C23H23F4N3O3. The maximum atomic E-state index is 13.4. The molecule has 2 aromatic heterocycles. The number of aromatic nitrogens is 3. The number of methoxy groups -OCH3 is 1. The van der Waals surface area contributed by atoms with E-state index in [4.69, 9.17) is 14.5 Å². The van der Waals surface area contributed by atoms with Crippen molar-refractivity contribution in [1.29, 1.82) is 0 Å². The zero-order valence-corrected chi connectivity index (χ0v) is 18.4. The summed E-state index contributed by atoms with van der Waals surface area (Å²) in [5, 5.41) is 0. The van der Waals surface area contributed by atoms with Gasteiger partial charge in [-0.2, -0.15) is 0 Å². The Morgan fingerprint density at radius 3 is 2.61 bits per heavy atom. The smallest absolute Gasteiger partial charge is 0.493 e. The zero-order valence-electron chi connectivity index (χ0n) is 18.4. The van der Waals surface area contributed by atoms with Crippen LogP contribution in [0.5, 0.6) is 11.5 Å². The predicted octanol–water partition coefficient (Wildman–Crippen LogP) is 5.26. The van der Waals surface area contributed by atoms with Crippen LogP contribution >= 0.6 is 0 Å². The van der Waals surface area contributed by atoms with Crippen LogP contribution in [0, 0.1) is 6.92 Å². The Labute approximate surface area is 188 Å². The van der Waals surface area contributed by atoms with E-state index in [0.29, 0.717) is 47.9 Å². The van der Waals surface area contributed by atoms with Crippen LogP contribution in [-0.4, -0.2) is 40.7 Å². The van der Waals surface area contributed by atoms with Crippen molar-refractivity contribution in [2.45, 2.75) is 46.0 Å². The Kier molecular flexibility index (Phi) is 6.29. The van der Waals surface area contributed by atoms with Crippen LogP contribution in [0.15, 0.2) is 30.3 Å². The molecule has 1 atom stereocenters. The largest absolute Gasteiger partial charge is 0.573 e. The summed E-state index contributed by atoms with van der Waals surface area (Å²) in [7, 11) is 1.27. The molecule has 1 aliphatic rings. The van der Waals surface area contributed by atoms with Gasteiger partial charge < -0.3 is 18.8 Å². The lowest BCUT2D eigenvalue weighted by Gasteiger charge is -2.15. The molecule has 0 saturated heterocycles. The van der Waals surface area contributed by atoms with Crippen LogP contribution in [-0.2, 0) is 24.4 Å². The molecule has 3 heterocycles. The summed E-state index contributed by atoms with van der Waals surface area (Å²) in [6.45, 7) is 3.90. The first-order valence-electron chi connectivity index (χ1n) is 10.4. The molecule has 4 rings (SSSR count). The Bertz CT molecular complexity index is 1160. The van der Waals surface area contributed by atoms with Crippen molar-refractivity contribution < 1.29 is 31.8 Å². The second kappa shape index (κ2) is 9.01. The van der Waals surface area contributed by atoms with Gasteiger partial charge in [0, 0.05) is 28.9 Å². The number of imidazole rings is 1. The number of hydrogen-bond acceptors (Lipinski definition) is 5. The van der Waals surface area contributed by atoms with Crippen LogP contribution < -0.4 is 9.47 Å². The first kappa shape index (κ1) is 23.0. The molecule has 33 heavy (non-hydrogen) atoms. The first-order valence-corrected chi connectivity index (χ1v) is 10.4. The maximum absolute atomic E-state index is 13.4. The lowest BCUT2D eigenvalue weighted by molar-refractivity contribution is -0.275. The molecule has 6 nitrogen and oxygen atoms in total. The quantitative estimate of drug-likeness (QED) is 0.481. The number of pyridine rings is 1. The summed E-state index contributed by atoms with van der Waals surface area (Å²) in [5.41, 5.74) is 3.54. The summed E-state index contributed by atoms with van der Waals surface area (Å²) in [5.74, 6) is -0.0462. The average Bonchev–Trinajstić information content (AvgIpc) is 2.98. The molecule has 0 radical (unpaired) electrons. The van der Waals surface area contributed by atoms with Gasteiger partial charge in [0.25, 0.3) is 0 Å². The molecule has 0 fully saturated rings. The van der Waals surface area contributed by atoms with Crippen molar-refractivity contribution in [3.8, 4) is 34.1 Å². The van der Waals surface area contributed by atoms with Gasteiger partial charge in [-0.05, 0) is 44.2 Å². The van der Waals surface area contributed by atoms with Gasteiger partial charge in [-0.1, -0.05) is 0 Å². The molecule has 0 unspecified atom stereocenters. The molecule has 0 spiro atoms. The Morgan fingerprint density at radius 2 is 1.91 bits per heavy atom. The summed E-state index contributed by atoms with van der Waals surface area (Å²) in [6.07, 6.45) is -4.46. The molecule has 10 heteroatoms. The summed E-state index contributed by atoms with van der Waals surface area (Å²) in [4.78, 5) is 8.98. The fourth-order valence-corrected chi connectivity index (χ4v) is 4.02. The molecule has 0 bridgehead atoms. The fourth-order valence-electron chi connectivity index (χ4n) is 4.02. The van der Waals surface area contributed by atoms with Crippen LogP contribution in [0.1, 0.15) is 24.0 Å². The highest BCUT2D eigenvalue weighted by Gasteiger charge is 2.33. The van der Waals surface area contributed by atoms with E-state index in [1.807, 2.05) is 17.6 Å². The Hall–Kier alpha value is -3.14. The van der Waals surface area contributed by atoms with Gasteiger partial charge >= 0.3 is 6.36 Å². The Balaban J connectivity index is 1.89. The molecular weight excluding hydrogens is 442 g/mol. The number of nitrogens with zero attached hydrogens (tertiary/aromatic N) is 3. The number of aryl methyl sites for hydroxylation is 1. The van der Waals surface area contributed by atoms with Gasteiger partial charge in [-0.3, -0.25) is 4.98 Å². The first-order chi connectivity index (χ1) is 15.7. The van der Waals surface area contributed by atoms with Gasteiger partial charge in [-0.15, -0.1) is 13.2 Å². The molecule has 1 aliphatic heterocycles. The highest BCUT2D eigenvalue weighted by Crippen LogP contribution is 2.38.